The van der Waals surface area contributed by atoms with E-state index in [1.54, 1.807) is 57.2 Å². The highest BCUT2D eigenvalue weighted by Crippen LogP contribution is 2.35. The Bertz CT molecular complexity index is 2180. The SMILES string of the molecule is Cc1c(C(=O)OC(C)(C)C)ccc2c1CC[C@@H]2NC(=O)c1cc(C(=O)NCc2ccc(F)c(F)c2)nc2cc(C(=O)O)nn12.Nc1ccc(Cl)cc1. The Morgan fingerprint density at radius 3 is 2.33 bits per heavy atom. The van der Waals surface area contributed by atoms with Crippen LogP contribution in [0.2, 0.25) is 5.02 Å². The number of rotatable bonds is 7. The number of hydrogen-bond acceptors (Lipinski definition) is 8. The van der Waals surface area contributed by atoms with E-state index in [4.69, 9.17) is 22.1 Å². The number of nitrogen functional groups attached to an aromatic ring is 1. The van der Waals surface area contributed by atoms with Crippen molar-refractivity contribution < 1.29 is 37.8 Å². The van der Waals surface area contributed by atoms with Crippen LogP contribution < -0.4 is 16.4 Å². The van der Waals surface area contributed by atoms with Gasteiger partial charge in [0.1, 0.15) is 17.0 Å². The van der Waals surface area contributed by atoms with E-state index in [1.165, 1.54) is 12.1 Å². The fourth-order valence-corrected chi connectivity index (χ4v) is 5.68. The number of carboxylic acids is 1. The van der Waals surface area contributed by atoms with Crippen LogP contribution in [-0.4, -0.2) is 49.1 Å². The van der Waals surface area contributed by atoms with Gasteiger partial charge in [-0.25, -0.2) is 27.9 Å². The van der Waals surface area contributed by atoms with Crippen molar-refractivity contribution >= 4 is 46.7 Å². The minimum Gasteiger partial charge on any atom is -0.476 e. The first-order valence-corrected chi connectivity index (χ1v) is 16.4. The quantitative estimate of drug-likeness (QED) is 0.111. The second-order valence-corrected chi connectivity index (χ2v) is 13.4. The van der Waals surface area contributed by atoms with Crippen molar-refractivity contribution in [2.75, 3.05) is 5.73 Å². The Kier molecular flexibility index (Phi) is 10.9. The van der Waals surface area contributed by atoms with Crippen LogP contribution in [0.25, 0.3) is 5.65 Å². The number of anilines is 1. The minimum atomic E-state index is -1.35. The van der Waals surface area contributed by atoms with Gasteiger partial charge in [-0.05, 0) is 105 Å². The van der Waals surface area contributed by atoms with Gasteiger partial charge in [0.2, 0.25) is 0 Å². The number of carbonyl (C=O) groups excluding carboxylic acids is 3. The maximum atomic E-state index is 13.6. The number of carboxylic acid groups (broad SMARTS) is 1. The molecule has 5 aromatic rings. The van der Waals surface area contributed by atoms with Crippen LogP contribution in [0.1, 0.15) is 97.3 Å². The monoisotopic (exact) mass is 732 g/mol. The Labute approximate surface area is 302 Å². The zero-order valence-electron chi connectivity index (χ0n) is 28.6. The fourth-order valence-electron chi connectivity index (χ4n) is 5.56. The Hall–Kier alpha value is -5.89. The smallest absolute Gasteiger partial charge is 0.356 e. The molecule has 0 saturated carbocycles. The molecule has 1 atom stereocenters. The number of amides is 2. The molecule has 0 aliphatic heterocycles. The zero-order chi connectivity index (χ0) is 37.9. The van der Waals surface area contributed by atoms with Gasteiger partial charge in [-0.3, -0.25) is 9.59 Å². The Balaban J connectivity index is 0.000000577. The number of carbonyl (C=O) groups is 4. The maximum Gasteiger partial charge on any atom is 0.356 e. The average Bonchev–Trinajstić information content (AvgIpc) is 3.71. The van der Waals surface area contributed by atoms with Crippen molar-refractivity contribution in [3.8, 4) is 0 Å². The molecule has 2 amide bonds. The number of benzene rings is 3. The van der Waals surface area contributed by atoms with Gasteiger partial charge in [0.05, 0.1) is 11.6 Å². The maximum absolute atomic E-state index is 13.6. The van der Waals surface area contributed by atoms with Crippen LogP contribution in [0.4, 0.5) is 14.5 Å². The molecule has 2 heterocycles. The lowest BCUT2D eigenvalue weighted by molar-refractivity contribution is 0.00681. The summed E-state index contributed by atoms with van der Waals surface area (Å²) in [7, 11) is 0. The third kappa shape index (κ3) is 8.69. The summed E-state index contributed by atoms with van der Waals surface area (Å²) in [5.41, 5.74) is 7.89. The third-order valence-electron chi connectivity index (χ3n) is 8.04. The first kappa shape index (κ1) is 37.4. The largest absolute Gasteiger partial charge is 0.476 e. The second kappa shape index (κ2) is 15.2. The zero-order valence-corrected chi connectivity index (χ0v) is 29.3. The summed E-state index contributed by atoms with van der Waals surface area (Å²) in [5.74, 6) is -5.26. The van der Waals surface area contributed by atoms with E-state index in [2.05, 4.69) is 20.7 Å². The highest BCUT2D eigenvalue weighted by molar-refractivity contribution is 6.30. The summed E-state index contributed by atoms with van der Waals surface area (Å²) in [6.07, 6.45) is 1.13. The summed E-state index contributed by atoms with van der Waals surface area (Å²) in [6, 6.07) is 15.5. The standard InChI is InChI=1S/C31H29F2N5O6.C6H6ClN/c1-15-17-8-10-22(19(17)7-6-18(15)30(43)44-31(2,3)4)36-28(40)25-12-23(35-26-13-24(29(41)42)37-38(25)26)27(39)34-14-16-5-9-20(32)21(33)11-16;7-5-1-3-6(8)4-2-5/h5-7,9,11-13,22H,8,10,14H2,1-4H3,(H,34,39)(H,36,40)(H,41,42);1-4H,8H2/t22-;/m0./s1. The van der Waals surface area contributed by atoms with Gasteiger partial charge >= 0.3 is 11.9 Å². The molecule has 270 valence electrons. The van der Waals surface area contributed by atoms with E-state index in [-0.39, 0.29) is 29.3 Å². The summed E-state index contributed by atoms with van der Waals surface area (Å²) in [5, 5.41) is 19.6. The first-order valence-electron chi connectivity index (χ1n) is 16.0. The number of aromatic nitrogens is 3. The van der Waals surface area contributed by atoms with Gasteiger partial charge < -0.3 is 26.2 Å². The molecule has 52 heavy (non-hydrogen) atoms. The molecule has 6 rings (SSSR count). The van der Waals surface area contributed by atoms with Crippen molar-refractivity contribution in [1.29, 1.82) is 0 Å². The normalized spacial score (nSPS) is 13.5. The van der Waals surface area contributed by atoms with Gasteiger partial charge in [-0.2, -0.15) is 5.10 Å². The number of nitrogens with zero attached hydrogens (tertiary/aromatic N) is 3. The van der Waals surface area contributed by atoms with Crippen LogP contribution in [-0.2, 0) is 17.7 Å². The van der Waals surface area contributed by atoms with E-state index in [9.17, 15) is 33.1 Å². The number of hydrogen-bond donors (Lipinski definition) is 4. The number of ether oxygens (including phenoxy) is 1. The second-order valence-electron chi connectivity index (χ2n) is 13.0. The summed E-state index contributed by atoms with van der Waals surface area (Å²) in [6.45, 7) is 7.03. The molecule has 3 aromatic carbocycles. The lowest BCUT2D eigenvalue weighted by Gasteiger charge is -2.21. The molecule has 0 bridgehead atoms. The molecule has 15 heteroatoms. The summed E-state index contributed by atoms with van der Waals surface area (Å²) in [4.78, 5) is 55.1. The van der Waals surface area contributed by atoms with Crippen LogP contribution in [0.5, 0.6) is 0 Å². The van der Waals surface area contributed by atoms with E-state index in [0.717, 1.165) is 50.1 Å². The van der Waals surface area contributed by atoms with E-state index >= 15 is 0 Å². The van der Waals surface area contributed by atoms with Crippen LogP contribution in [0.3, 0.4) is 0 Å². The molecule has 1 aliphatic rings. The molecule has 0 radical (unpaired) electrons. The van der Waals surface area contributed by atoms with Crippen LogP contribution >= 0.6 is 11.6 Å². The van der Waals surface area contributed by atoms with Crippen molar-refractivity contribution in [1.82, 2.24) is 25.2 Å². The molecule has 12 nitrogen and oxygen atoms in total. The fraction of sp³-hybridized carbons (Fsp3) is 0.243. The molecular formula is C37H35ClF2N6O6. The average molecular weight is 733 g/mol. The number of aromatic carboxylic acids is 1. The summed E-state index contributed by atoms with van der Waals surface area (Å²) < 4.78 is 33.4. The molecule has 0 saturated heterocycles. The number of halogens is 3. The van der Waals surface area contributed by atoms with Gasteiger partial charge in [-0.1, -0.05) is 23.7 Å². The topological polar surface area (TPSA) is 178 Å². The third-order valence-corrected chi connectivity index (χ3v) is 8.29. The number of nitrogens with two attached hydrogens (primary N) is 1. The van der Waals surface area contributed by atoms with Crippen molar-refractivity contribution in [3.05, 3.63) is 128 Å². The molecule has 5 N–H and O–H groups in total. The molecule has 1 aliphatic carbocycles. The predicted molar refractivity (Wildman–Crippen MR) is 188 cm³/mol. The molecule has 0 fully saturated rings. The predicted octanol–water partition coefficient (Wildman–Crippen LogP) is 6.24. The molecule has 2 aromatic heterocycles. The number of nitrogens with one attached hydrogen (secondary N) is 2. The molecule has 0 unspecified atom stereocenters. The number of esters is 1. The van der Waals surface area contributed by atoms with Gasteiger partial charge in [0, 0.05) is 29.4 Å². The Morgan fingerprint density at radius 2 is 1.69 bits per heavy atom. The van der Waals surface area contributed by atoms with E-state index < -0.39 is 47.0 Å². The lowest BCUT2D eigenvalue weighted by atomic mass is 9.97. The minimum absolute atomic E-state index is 0.0577. The van der Waals surface area contributed by atoms with Crippen molar-refractivity contribution in [3.63, 3.8) is 0 Å². The molecule has 0 spiro atoms. The highest BCUT2D eigenvalue weighted by atomic mass is 35.5. The van der Waals surface area contributed by atoms with Gasteiger partial charge in [-0.15, -0.1) is 0 Å². The van der Waals surface area contributed by atoms with Crippen LogP contribution in [0.15, 0.2) is 66.7 Å². The van der Waals surface area contributed by atoms with Gasteiger partial charge in [0.15, 0.2) is 23.0 Å². The summed E-state index contributed by atoms with van der Waals surface area (Å²) >= 11 is 5.56. The lowest BCUT2D eigenvalue weighted by Crippen LogP contribution is -2.31. The first-order chi connectivity index (χ1) is 24.5. The molecular weight excluding hydrogens is 698 g/mol. The van der Waals surface area contributed by atoms with E-state index in [1.807, 2.05) is 6.92 Å². The van der Waals surface area contributed by atoms with E-state index in [0.29, 0.717) is 24.0 Å². The van der Waals surface area contributed by atoms with Gasteiger partial charge in [0.25, 0.3) is 11.8 Å². The Morgan fingerprint density at radius 1 is 0.981 bits per heavy atom. The highest BCUT2D eigenvalue weighted by Gasteiger charge is 2.30. The van der Waals surface area contributed by atoms with Crippen molar-refractivity contribution in [2.45, 2.75) is 58.7 Å². The number of fused-ring (bicyclic) bond motifs is 2. The van der Waals surface area contributed by atoms with Crippen LogP contribution in [0, 0.1) is 18.6 Å². The van der Waals surface area contributed by atoms with Crippen molar-refractivity contribution in [2.24, 2.45) is 0 Å².